The highest BCUT2D eigenvalue weighted by atomic mass is 32.2. The Bertz CT molecular complexity index is 1420. The molecule has 0 aliphatic heterocycles. The van der Waals surface area contributed by atoms with Gasteiger partial charge in [0.05, 0.1) is 26.6 Å². The van der Waals surface area contributed by atoms with E-state index in [4.69, 9.17) is 0 Å². The molecule has 1 amide bonds. The SMILES string of the molecule is Cc1cc(NC(=O)CCS(=O)(=O)c2ccccc2)n(-c2nc3ccc(C(C)(C)C)cc3s2)n1. The van der Waals surface area contributed by atoms with Gasteiger partial charge in [-0.1, -0.05) is 56.4 Å². The maximum absolute atomic E-state index is 12.6. The Kier molecular flexibility index (Phi) is 6.11. The molecule has 2 aromatic heterocycles. The summed E-state index contributed by atoms with van der Waals surface area (Å²) in [6.07, 6.45) is -0.157. The van der Waals surface area contributed by atoms with Crippen molar-refractivity contribution in [1.29, 1.82) is 0 Å². The first-order chi connectivity index (χ1) is 15.5. The van der Waals surface area contributed by atoms with Crippen LogP contribution in [-0.2, 0) is 20.0 Å². The Morgan fingerprint density at radius 3 is 2.52 bits per heavy atom. The number of sulfone groups is 1. The number of nitrogens with one attached hydrogen (secondary N) is 1. The van der Waals surface area contributed by atoms with Crippen LogP contribution in [0.5, 0.6) is 0 Å². The van der Waals surface area contributed by atoms with Crippen LogP contribution < -0.4 is 5.32 Å². The van der Waals surface area contributed by atoms with Gasteiger partial charge in [0, 0.05) is 12.5 Å². The first kappa shape index (κ1) is 23.1. The van der Waals surface area contributed by atoms with Crippen LogP contribution in [-0.4, -0.2) is 34.8 Å². The van der Waals surface area contributed by atoms with Crippen LogP contribution in [0.1, 0.15) is 38.4 Å². The lowest BCUT2D eigenvalue weighted by Gasteiger charge is -2.18. The van der Waals surface area contributed by atoms with E-state index in [1.807, 2.05) is 13.0 Å². The molecular formula is C24H26N4O3S2. The van der Waals surface area contributed by atoms with Gasteiger partial charge in [0.1, 0.15) is 5.82 Å². The molecule has 0 saturated heterocycles. The Labute approximate surface area is 197 Å². The third-order valence-electron chi connectivity index (χ3n) is 5.22. The molecule has 0 radical (unpaired) electrons. The third kappa shape index (κ3) is 5.15. The molecule has 0 saturated carbocycles. The van der Waals surface area contributed by atoms with Crippen molar-refractivity contribution >= 4 is 43.1 Å². The molecule has 0 bridgehead atoms. The van der Waals surface area contributed by atoms with E-state index in [-0.39, 0.29) is 22.5 Å². The fourth-order valence-electron chi connectivity index (χ4n) is 3.38. The molecule has 172 valence electrons. The van der Waals surface area contributed by atoms with Crippen molar-refractivity contribution in [1.82, 2.24) is 14.8 Å². The number of benzene rings is 2. The van der Waals surface area contributed by atoms with E-state index < -0.39 is 15.7 Å². The normalized spacial score (nSPS) is 12.2. The number of amides is 1. The average Bonchev–Trinajstić information content (AvgIpc) is 3.34. The summed E-state index contributed by atoms with van der Waals surface area (Å²) >= 11 is 1.49. The van der Waals surface area contributed by atoms with Gasteiger partial charge in [-0.05, 0) is 42.2 Å². The molecule has 0 aliphatic carbocycles. The van der Waals surface area contributed by atoms with Crippen molar-refractivity contribution in [3.05, 3.63) is 65.9 Å². The molecule has 4 rings (SSSR count). The van der Waals surface area contributed by atoms with Crippen molar-refractivity contribution < 1.29 is 13.2 Å². The molecule has 9 heteroatoms. The molecule has 7 nitrogen and oxygen atoms in total. The van der Waals surface area contributed by atoms with Gasteiger partial charge in [0.2, 0.25) is 11.0 Å². The standard InChI is InChI=1S/C24H26N4O3S2/c1-16-14-21(26-22(29)12-13-33(30,31)18-8-6-5-7-9-18)28(27-16)23-25-19-11-10-17(24(2,3)4)15-20(19)32-23/h5-11,14-15H,12-13H2,1-4H3,(H,26,29). The molecule has 0 spiro atoms. The zero-order valence-corrected chi connectivity index (χ0v) is 20.6. The van der Waals surface area contributed by atoms with Crippen molar-refractivity contribution in [2.75, 3.05) is 11.1 Å². The number of rotatable bonds is 6. The van der Waals surface area contributed by atoms with Crippen molar-refractivity contribution in [3.63, 3.8) is 0 Å². The quantitative estimate of drug-likeness (QED) is 0.422. The molecule has 33 heavy (non-hydrogen) atoms. The van der Waals surface area contributed by atoms with E-state index in [0.29, 0.717) is 10.9 Å². The minimum atomic E-state index is -3.53. The first-order valence-corrected chi connectivity index (χ1v) is 13.1. The maximum atomic E-state index is 12.6. The van der Waals surface area contributed by atoms with Gasteiger partial charge in [0.15, 0.2) is 9.84 Å². The van der Waals surface area contributed by atoms with Gasteiger partial charge in [-0.3, -0.25) is 4.79 Å². The molecule has 4 aromatic rings. The van der Waals surface area contributed by atoms with Crippen molar-refractivity contribution in [2.24, 2.45) is 0 Å². The molecule has 1 N–H and O–H groups in total. The summed E-state index contributed by atoms with van der Waals surface area (Å²) in [6.45, 7) is 8.33. The second-order valence-corrected chi connectivity index (χ2v) is 12.1. The van der Waals surface area contributed by atoms with Gasteiger partial charge in [-0.15, -0.1) is 0 Å². The molecule has 0 aliphatic rings. The zero-order valence-electron chi connectivity index (χ0n) is 19.0. The Balaban J connectivity index is 1.54. The highest BCUT2D eigenvalue weighted by Gasteiger charge is 2.20. The smallest absolute Gasteiger partial charge is 0.226 e. The van der Waals surface area contributed by atoms with Crippen LogP contribution in [0.3, 0.4) is 0 Å². The molecule has 0 unspecified atom stereocenters. The van der Waals surface area contributed by atoms with Crippen LogP contribution in [0.2, 0.25) is 0 Å². The number of thiazole rings is 1. The van der Waals surface area contributed by atoms with Crippen LogP contribution >= 0.6 is 11.3 Å². The summed E-state index contributed by atoms with van der Waals surface area (Å²) in [4.78, 5) is 17.5. The van der Waals surface area contributed by atoms with Gasteiger partial charge in [-0.2, -0.15) is 9.78 Å². The molecular weight excluding hydrogens is 456 g/mol. The number of aromatic nitrogens is 3. The fraction of sp³-hybridized carbons (Fsp3) is 0.292. The van der Waals surface area contributed by atoms with Crippen LogP contribution in [0.25, 0.3) is 15.3 Å². The number of carbonyl (C=O) groups excluding carboxylic acids is 1. The second-order valence-electron chi connectivity index (χ2n) is 8.94. The Morgan fingerprint density at radius 1 is 1.09 bits per heavy atom. The lowest BCUT2D eigenvalue weighted by Crippen LogP contribution is -2.19. The summed E-state index contributed by atoms with van der Waals surface area (Å²) in [5, 5.41) is 7.92. The third-order valence-corrected chi connectivity index (χ3v) is 7.95. The minimum absolute atomic E-state index is 0.0276. The molecule has 2 heterocycles. The van der Waals surface area contributed by atoms with Gasteiger partial charge in [0.25, 0.3) is 0 Å². The largest absolute Gasteiger partial charge is 0.310 e. The van der Waals surface area contributed by atoms with Gasteiger partial charge < -0.3 is 5.32 Å². The Hall–Kier alpha value is -3.04. The van der Waals surface area contributed by atoms with E-state index in [2.05, 4.69) is 48.3 Å². The van der Waals surface area contributed by atoms with Crippen molar-refractivity contribution in [3.8, 4) is 5.13 Å². The Morgan fingerprint density at radius 2 is 1.82 bits per heavy atom. The van der Waals surface area contributed by atoms with Crippen LogP contribution in [0.15, 0.2) is 59.5 Å². The topological polar surface area (TPSA) is 94.0 Å². The minimum Gasteiger partial charge on any atom is -0.310 e. The predicted molar refractivity (Wildman–Crippen MR) is 132 cm³/mol. The number of carbonyl (C=O) groups is 1. The zero-order chi connectivity index (χ0) is 23.8. The number of fused-ring (bicyclic) bond motifs is 1. The predicted octanol–water partition coefficient (Wildman–Crippen LogP) is 4.89. The summed E-state index contributed by atoms with van der Waals surface area (Å²) < 4.78 is 27.6. The highest BCUT2D eigenvalue weighted by Crippen LogP contribution is 2.31. The van der Waals surface area contributed by atoms with Gasteiger partial charge in [-0.25, -0.2) is 13.4 Å². The number of aryl methyl sites for hydroxylation is 1. The van der Waals surface area contributed by atoms with E-state index in [1.54, 1.807) is 28.9 Å². The summed E-state index contributed by atoms with van der Waals surface area (Å²) in [6, 6.07) is 16.1. The molecule has 2 aromatic carbocycles. The molecule has 0 atom stereocenters. The average molecular weight is 483 g/mol. The van der Waals surface area contributed by atoms with E-state index in [0.717, 1.165) is 15.9 Å². The lowest BCUT2D eigenvalue weighted by atomic mass is 9.87. The summed E-state index contributed by atoms with van der Waals surface area (Å²) in [7, 11) is -3.53. The highest BCUT2D eigenvalue weighted by molar-refractivity contribution is 7.91. The van der Waals surface area contributed by atoms with Crippen LogP contribution in [0, 0.1) is 6.92 Å². The summed E-state index contributed by atoms with van der Waals surface area (Å²) in [5.74, 6) is -0.205. The monoisotopic (exact) mass is 482 g/mol. The lowest BCUT2D eigenvalue weighted by molar-refractivity contribution is -0.115. The number of hydrogen-bond acceptors (Lipinski definition) is 6. The van der Waals surface area contributed by atoms with E-state index in [9.17, 15) is 13.2 Å². The van der Waals surface area contributed by atoms with E-state index in [1.165, 1.54) is 29.0 Å². The number of nitrogens with zero attached hydrogens (tertiary/aromatic N) is 3. The van der Waals surface area contributed by atoms with Gasteiger partial charge >= 0.3 is 0 Å². The second kappa shape index (κ2) is 8.72. The number of hydrogen-bond donors (Lipinski definition) is 1. The summed E-state index contributed by atoms with van der Waals surface area (Å²) in [5.41, 5.74) is 2.83. The van der Waals surface area contributed by atoms with Crippen LogP contribution in [0.4, 0.5) is 5.82 Å². The first-order valence-electron chi connectivity index (χ1n) is 10.6. The molecule has 0 fully saturated rings. The van der Waals surface area contributed by atoms with Crippen molar-refractivity contribution in [2.45, 2.75) is 44.4 Å². The maximum Gasteiger partial charge on any atom is 0.226 e. The fourth-order valence-corrected chi connectivity index (χ4v) is 5.61. The number of anilines is 1. The van der Waals surface area contributed by atoms with E-state index >= 15 is 0 Å².